The number of phenolic OH excluding ortho intramolecular Hbond substituents is 1. The number of amides is 1. The van der Waals surface area contributed by atoms with Crippen molar-refractivity contribution in [2.75, 3.05) is 27.4 Å². The molecule has 1 atom stereocenters. The lowest BCUT2D eigenvalue weighted by atomic mass is 9.95. The van der Waals surface area contributed by atoms with E-state index in [1.807, 2.05) is 0 Å². The zero-order valence-corrected chi connectivity index (χ0v) is 16.3. The van der Waals surface area contributed by atoms with Gasteiger partial charge in [0.15, 0.2) is 11.5 Å². The second kappa shape index (κ2) is 8.79. The zero-order valence-electron chi connectivity index (χ0n) is 16.3. The molecule has 152 valence electrons. The average Bonchev–Trinajstić information content (AvgIpc) is 2.99. The van der Waals surface area contributed by atoms with Gasteiger partial charge in [-0.15, -0.1) is 0 Å². The van der Waals surface area contributed by atoms with Crippen molar-refractivity contribution in [3.8, 4) is 11.5 Å². The molecule has 0 aromatic heterocycles. The van der Waals surface area contributed by atoms with E-state index in [1.165, 1.54) is 18.1 Å². The highest BCUT2D eigenvalue weighted by atomic mass is 16.5. The maximum absolute atomic E-state index is 12.8. The number of rotatable bonds is 7. The highest BCUT2D eigenvalue weighted by molar-refractivity contribution is 6.46. The van der Waals surface area contributed by atoms with Crippen LogP contribution in [0.3, 0.4) is 0 Å². The number of aliphatic hydroxyl groups excluding tert-OH is 1. The minimum atomic E-state index is -0.804. The Morgan fingerprint density at radius 2 is 1.83 bits per heavy atom. The maximum Gasteiger partial charge on any atom is 0.295 e. The number of likely N-dealkylation sites (tertiary alicyclic amines) is 1. The molecule has 0 saturated carbocycles. The maximum atomic E-state index is 12.8. The molecule has 1 aliphatic rings. The summed E-state index contributed by atoms with van der Waals surface area (Å²) in [5.41, 5.74) is 0.998. The molecule has 0 aliphatic carbocycles. The molecule has 2 N–H and O–H groups in total. The summed E-state index contributed by atoms with van der Waals surface area (Å²) in [4.78, 5) is 27.0. The zero-order chi connectivity index (χ0) is 21.0. The van der Waals surface area contributed by atoms with Crippen LogP contribution in [0.1, 0.15) is 23.6 Å². The van der Waals surface area contributed by atoms with Gasteiger partial charge in [0, 0.05) is 25.8 Å². The van der Waals surface area contributed by atoms with E-state index in [9.17, 15) is 19.8 Å². The molecule has 3 rings (SSSR count). The Bertz CT molecular complexity index is 938. The van der Waals surface area contributed by atoms with Crippen molar-refractivity contribution >= 4 is 17.4 Å². The summed E-state index contributed by atoms with van der Waals surface area (Å²) < 4.78 is 10.2. The highest BCUT2D eigenvalue weighted by Crippen LogP contribution is 2.41. The standard InChI is InChI=1S/C22H23NO6/c1-28-12-6-11-23-19(15-9-10-16(24)17(13-15)29-2)18(21(26)22(23)27)20(25)14-7-4-3-5-8-14/h3-5,7-10,13,19,24-25H,6,11-12H2,1-2H3/b20-18+/t19-/m0/s1. The van der Waals surface area contributed by atoms with E-state index in [4.69, 9.17) is 9.47 Å². The fourth-order valence-corrected chi connectivity index (χ4v) is 3.45. The minimum Gasteiger partial charge on any atom is -0.507 e. The van der Waals surface area contributed by atoms with Crippen molar-refractivity contribution in [2.24, 2.45) is 0 Å². The van der Waals surface area contributed by atoms with Gasteiger partial charge in [0.2, 0.25) is 0 Å². The van der Waals surface area contributed by atoms with Crippen molar-refractivity contribution in [1.82, 2.24) is 4.90 Å². The third-order valence-corrected chi connectivity index (χ3v) is 4.85. The van der Waals surface area contributed by atoms with Crippen molar-refractivity contribution in [3.05, 3.63) is 65.2 Å². The van der Waals surface area contributed by atoms with E-state index in [1.54, 1.807) is 49.6 Å². The van der Waals surface area contributed by atoms with Crippen LogP contribution in [0.25, 0.3) is 5.76 Å². The van der Waals surface area contributed by atoms with E-state index in [2.05, 4.69) is 0 Å². The average molecular weight is 397 g/mol. The summed E-state index contributed by atoms with van der Waals surface area (Å²) in [5.74, 6) is -1.52. The number of methoxy groups -OCH3 is 2. The summed E-state index contributed by atoms with van der Waals surface area (Å²) in [6.07, 6.45) is 0.528. The number of hydrogen-bond donors (Lipinski definition) is 2. The Morgan fingerprint density at radius 1 is 1.10 bits per heavy atom. The number of carbonyl (C=O) groups is 2. The first-order chi connectivity index (χ1) is 14.0. The smallest absolute Gasteiger partial charge is 0.295 e. The summed E-state index contributed by atoms with van der Waals surface area (Å²) in [6.45, 7) is 0.700. The van der Waals surface area contributed by atoms with Crippen molar-refractivity contribution in [3.63, 3.8) is 0 Å². The Morgan fingerprint density at radius 3 is 2.48 bits per heavy atom. The SMILES string of the molecule is COCCCN1C(=O)C(=O)/C(=C(/O)c2ccccc2)[C@@H]1c1ccc(O)c(OC)c1. The van der Waals surface area contributed by atoms with Crippen molar-refractivity contribution in [1.29, 1.82) is 0 Å². The molecule has 7 nitrogen and oxygen atoms in total. The number of ketones is 1. The van der Waals surface area contributed by atoms with E-state index in [-0.39, 0.29) is 29.4 Å². The molecule has 1 fully saturated rings. The van der Waals surface area contributed by atoms with E-state index < -0.39 is 17.7 Å². The molecule has 29 heavy (non-hydrogen) atoms. The van der Waals surface area contributed by atoms with Gasteiger partial charge in [-0.3, -0.25) is 9.59 Å². The Hall–Kier alpha value is -3.32. The molecule has 1 heterocycles. The second-order valence-corrected chi connectivity index (χ2v) is 6.64. The largest absolute Gasteiger partial charge is 0.507 e. The Balaban J connectivity index is 2.14. The molecule has 0 bridgehead atoms. The first-order valence-electron chi connectivity index (χ1n) is 9.19. The van der Waals surface area contributed by atoms with Crippen LogP contribution in [0.5, 0.6) is 11.5 Å². The molecule has 2 aromatic rings. The molecule has 1 aliphatic heterocycles. The molecule has 0 spiro atoms. The van der Waals surface area contributed by atoms with Crippen molar-refractivity contribution < 1.29 is 29.3 Å². The lowest BCUT2D eigenvalue weighted by Crippen LogP contribution is -2.31. The van der Waals surface area contributed by atoms with Gasteiger partial charge in [0.05, 0.1) is 18.7 Å². The van der Waals surface area contributed by atoms with Gasteiger partial charge >= 0.3 is 0 Å². The molecule has 1 saturated heterocycles. The fourth-order valence-electron chi connectivity index (χ4n) is 3.45. The number of phenols is 1. The van der Waals surface area contributed by atoms with Crippen LogP contribution in [0.2, 0.25) is 0 Å². The summed E-state index contributed by atoms with van der Waals surface area (Å²) in [6, 6.07) is 12.4. The molecule has 7 heteroatoms. The first-order valence-corrected chi connectivity index (χ1v) is 9.19. The van der Waals surface area contributed by atoms with Crippen LogP contribution >= 0.6 is 0 Å². The number of benzene rings is 2. The van der Waals surface area contributed by atoms with Gasteiger partial charge in [-0.05, 0) is 24.1 Å². The predicted molar refractivity (Wildman–Crippen MR) is 107 cm³/mol. The second-order valence-electron chi connectivity index (χ2n) is 6.64. The molecular weight excluding hydrogens is 374 g/mol. The van der Waals surface area contributed by atoms with Crippen LogP contribution in [0.15, 0.2) is 54.1 Å². The minimum absolute atomic E-state index is 0.00589. The van der Waals surface area contributed by atoms with Gasteiger partial charge in [-0.25, -0.2) is 0 Å². The highest BCUT2D eigenvalue weighted by Gasteiger charge is 2.46. The molecule has 0 radical (unpaired) electrons. The van der Waals surface area contributed by atoms with Crippen LogP contribution in [-0.4, -0.2) is 54.2 Å². The van der Waals surface area contributed by atoms with Gasteiger partial charge < -0.3 is 24.6 Å². The third kappa shape index (κ3) is 3.95. The number of nitrogens with zero attached hydrogens (tertiary/aromatic N) is 1. The lowest BCUT2D eigenvalue weighted by Gasteiger charge is -2.25. The van der Waals surface area contributed by atoms with E-state index in [0.29, 0.717) is 24.2 Å². The number of aromatic hydroxyl groups is 1. The lowest BCUT2D eigenvalue weighted by molar-refractivity contribution is -0.140. The normalized spacial score (nSPS) is 18.3. The topological polar surface area (TPSA) is 96.3 Å². The predicted octanol–water partition coefficient (Wildman–Crippen LogP) is 2.86. The number of ether oxygens (including phenoxy) is 2. The van der Waals surface area contributed by atoms with Crippen LogP contribution in [0, 0.1) is 0 Å². The van der Waals surface area contributed by atoms with Gasteiger partial charge in [0.25, 0.3) is 11.7 Å². The summed E-state index contributed by atoms with van der Waals surface area (Å²) in [7, 11) is 2.98. The number of aliphatic hydroxyl groups is 1. The quantitative estimate of drug-likeness (QED) is 0.323. The van der Waals surface area contributed by atoms with E-state index >= 15 is 0 Å². The van der Waals surface area contributed by atoms with Gasteiger partial charge in [-0.2, -0.15) is 0 Å². The summed E-state index contributed by atoms with van der Waals surface area (Å²) >= 11 is 0. The molecule has 0 unspecified atom stereocenters. The Kier molecular flexibility index (Phi) is 6.19. The number of Topliss-reactive ketones (excluding diaryl/α,β-unsaturated/α-hetero) is 1. The van der Waals surface area contributed by atoms with Gasteiger partial charge in [0.1, 0.15) is 5.76 Å². The number of hydrogen-bond acceptors (Lipinski definition) is 6. The van der Waals surface area contributed by atoms with Crippen molar-refractivity contribution in [2.45, 2.75) is 12.5 Å². The Labute approximate surface area is 168 Å². The fraction of sp³-hybridized carbons (Fsp3) is 0.273. The molecule has 1 amide bonds. The summed E-state index contributed by atoms with van der Waals surface area (Å²) in [5, 5.41) is 20.8. The van der Waals surface area contributed by atoms with Gasteiger partial charge in [-0.1, -0.05) is 36.4 Å². The van der Waals surface area contributed by atoms with Crippen LogP contribution in [-0.2, 0) is 14.3 Å². The molecular formula is C22H23NO6. The monoisotopic (exact) mass is 397 g/mol. The third-order valence-electron chi connectivity index (χ3n) is 4.85. The van der Waals surface area contributed by atoms with E-state index in [0.717, 1.165) is 0 Å². The first kappa shape index (κ1) is 20.4. The van der Waals surface area contributed by atoms with Crippen LogP contribution < -0.4 is 4.74 Å². The molecule has 2 aromatic carbocycles. The number of carbonyl (C=O) groups excluding carboxylic acids is 2. The van der Waals surface area contributed by atoms with Crippen LogP contribution in [0.4, 0.5) is 0 Å².